The van der Waals surface area contributed by atoms with Gasteiger partial charge in [-0.2, -0.15) is 5.10 Å². The molecule has 0 saturated carbocycles. The molecule has 25 heavy (non-hydrogen) atoms. The molecule has 1 aromatic carbocycles. The van der Waals surface area contributed by atoms with Crippen LogP contribution in [-0.4, -0.2) is 62.1 Å². The molecule has 0 radical (unpaired) electrons. The minimum absolute atomic E-state index is 0.216. The van der Waals surface area contributed by atoms with Crippen molar-refractivity contribution in [1.29, 1.82) is 0 Å². The Morgan fingerprint density at radius 2 is 1.96 bits per heavy atom. The van der Waals surface area contributed by atoms with Crippen LogP contribution in [0.15, 0.2) is 29.4 Å². The summed E-state index contributed by atoms with van der Waals surface area (Å²) in [6.07, 6.45) is 0.392. The number of hydrazone groups is 1. The summed E-state index contributed by atoms with van der Waals surface area (Å²) in [5.74, 6) is -0.460. The van der Waals surface area contributed by atoms with Gasteiger partial charge in [0.15, 0.2) is 0 Å². The highest BCUT2D eigenvalue weighted by molar-refractivity contribution is 5.89. The zero-order valence-electron chi connectivity index (χ0n) is 13.8. The molecule has 3 rings (SSSR count). The van der Waals surface area contributed by atoms with Crippen LogP contribution in [0.1, 0.15) is 5.56 Å². The second-order valence-electron chi connectivity index (χ2n) is 5.90. The Kier molecular flexibility index (Phi) is 4.42. The first kappa shape index (κ1) is 16.6. The third-order valence-corrected chi connectivity index (χ3v) is 3.88. The average molecular weight is 345 g/mol. The molecule has 2 aliphatic rings. The van der Waals surface area contributed by atoms with Gasteiger partial charge in [-0.15, -0.1) is 0 Å². The zero-order chi connectivity index (χ0) is 18.0. The molecule has 132 valence electrons. The first-order chi connectivity index (χ1) is 11.9. The molecule has 0 unspecified atom stereocenters. The minimum atomic E-state index is -0.590. The number of anilines is 1. The lowest BCUT2D eigenvalue weighted by molar-refractivity contribution is -0.121. The summed E-state index contributed by atoms with van der Waals surface area (Å²) in [7, 11) is 3.90. The number of carbonyl (C=O) groups excluding carboxylic acids is 3. The van der Waals surface area contributed by atoms with E-state index in [0.29, 0.717) is 0 Å². The summed E-state index contributed by atoms with van der Waals surface area (Å²) in [5, 5.41) is 11.6. The van der Waals surface area contributed by atoms with Gasteiger partial charge >= 0.3 is 12.1 Å². The third-order valence-electron chi connectivity index (χ3n) is 3.88. The SMILES string of the molecule is CN(C)c1ccc(/C=N\NC(=O)CN2C(=O)N[C@H]3NC(=O)N[C@@H]32)cc1. The molecule has 0 bridgehead atoms. The molecule has 2 atom stereocenters. The summed E-state index contributed by atoms with van der Waals surface area (Å²) in [6, 6.07) is 6.81. The summed E-state index contributed by atoms with van der Waals surface area (Å²) in [5.41, 5.74) is 4.26. The van der Waals surface area contributed by atoms with Crippen molar-refractivity contribution in [1.82, 2.24) is 26.3 Å². The van der Waals surface area contributed by atoms with Gasteiger partial charge in [0, 0.05) is 19.8 Å². The molecule has 4 N–H and O–H groups in total. The lowest BCUT2D eigenvalue weighted by atomic mass is 10.2. The molecule has 10 heteroatoms. The number of carbonyl (C=O) groups is 3. The van der Waals surface area contributed by atoms with Crippen LogP contribution in [-0.2, 0) is 4.79 Å². The van der Waals surface area contributed by atoms with E-state index in [9.17, 15) is 14.4 Å². The number of fused-ring (bicyclic) bond motifs is 1. The smallest absolute Gasteiger partial charge is 0.321 e. The maximum atomic E-state index is 12.0. The maximum Gasteiger partial charge on any atom is 0.321 e. The van der Waals surface area contributed by atoms with Crippen LogP contribution in [0.4, 0.5) is 15.3 Å². The molecular weight excluding hydrogens is 326 g/mol. The zero-order valence-corrected chi connectivity index (χ0v) is 13.8. The van der Waals surface area contributed by atoms with Gasteiger partial charge in [0.05, 0.1) is 6.21 Å². The van der Waals surface area contributed by atoms with Crippen molar-refractivity contribution >= 4 is 29.9 Å². The highest BCUT2D eigenvalue weighted by atomic mass is 16.2. The molecule has 2 heterocycles. The third kappa shape index (κ3) is 3.62. The first-order valence-electron chi connectivity index (χ1n) is 7.67. The summed E-state index contributed by atoms with van der Waals surface area (Å²) < 4.78 is 0. The second-order valence-corrected chi connectivity index (χ2v) is 5.90. The average Bonchev–Trinajstić information content (AvgIpc) is 3.05. The van der Waals surface area contributed by atoms with Crippen molar-refractivity contribution in [2.75, 3.05) is 25.5 Å². The van der Waals surface area contributed by atoms with Gasteiger partial charge in [0.1, 0.15) is 18.9 Å². The van der Waals surface area contributed by atoms with Crippen molar-refractivity contribution < 1.29 is 14.4 Å². The Morgan fingerprint density at radius 1 is 1.24 bits per heavy atom. The van der Waals surface area contributed by atoms with Gasteiger partial charge in [0.25, 0.3) is 5.91 Å². The van der Waals surface area contributed by atoms with E-state index in [4.69, 9.17) is 0 Å². The van der Waals surface area contributed by atoms with Crippen LogP contribution in [0, 0.1) is 0 Å². The number of hydrogen-bond acceptors (Lipinski definition) is 5. The predicted octanol–water partition coefficient (Wildman–Crippen LogP) is -0.807. The van der Waals surface area contributed by atoms with Gasteiger partial charge in [0.2, 0.25) is 0 Å². The molecule has 2 aliphatic heterocycles. The van der Waals surface area contributed by atoms with Gasteiger partial charge < -0.3 is 20.9 Å². The van der Waals surface area contributed by atoms with Crippen LogP contribution < -0.4 is 26.3 Å². The van der Waals surface area contributed by atoms with Crippen molar-refractivity contribution in [3.05, 3.63) is 29.8 Å². The molecule has 1 aromatic rings. The van der Waals surface area contributed by atoms with Crippen LogP contribution in [0.25, 0.3) is 0 Å². The quantitative estimate of drug-likeness (QED) is 0.412. The van der Waals surface area contributed by atoms with Crippen LogP contribution >= 0.6 is 0 Å². The van der Waals surface area contributed by atoms with E-state index in [1.165, 1.54) is 11.1 Å². The molecule has 0 spiro atoms. The van der Waals surface area contributed by atoms with Gasteiger partial charge in [-0.25, -0.2) is 15.0 Å². The van der Waals surface area contributed by atoms with E-state index in [-0.39, 0.29) is 12.6 Å². The molecule has 5 amide bonds. The largest absolute Gasteiger partial charge is 0.378 e. The second kappa shape index (κ2) is 6.67. The summed E-state index contributed by atoms with van der Waals surface area (Å²) in [6.45, 7) is -0.216. The van der Waals surface area contributed by atoms with Crippen molar-refractivity contribution in [3.8, 4) is 0 Å². The van der Waals surface area contributed by atoms with E-state index in [2.05, 4.69) is 26.5 Å². The fourth-order valence-corrected chi connectivity index (χ4v) is 2.59. The lowest BCUT2D eigenvalue weighted by Gasteiger charge is -2.19. The Labute approximate surface area is 144 Å². The fourth-order valence-electron chi connectivity index (χ4n) is 2.59. The Hall–Kier alpha value is -3.30. The maximum absolute atomic E-state index is 12.0. The topological polar surface area (TPSA) is 118 Å². The molecule has 0 aliphatic carbocycles. The number of nitrogens with one attached hydrogen (secondary N) is 4. The summed E-state index contributed by atoms with van der Waals surface area (Å²) >= 11 is 0. The van der Waals surface area contributed by atoms with E-state index < -0.39 is 24.3 Å². The monoisotopic (exact) mass is 345 g/mol. The molecule has 0 aromatic heterocycles. The molecule has 10 nitrogen and oxygen atoms in total. The van der Waals surface area contributed by atoms with E-state index >= 15 is 0 Å². The number of benzene rings is 1. The normalized spacial score (nSPS) is 21.6. The first-order valence-corrected chi connectivity index (χ1v) is 7.67. The Morgan fingerprint density at radius 3 is 2.64 bits per heavy atom. The Bertz CT molecular complexity index is 716. The highest BCUT2D eigenvalue weighted by Gasteiger charge is 2.45. The number of rotatable bonds is 5. The number of nitrogens with zero attached hydrogens (tertiary/aromatic N) is 3. The van der Waals surface area contributed by atoms with E-state index in [0.717, 1.165) is 11.3 Å². The lowest BCUT2D eigenvalue weighted by Crippen LogP contribution is -2.47. The van der Waals surface area contributed by atoms with Crippen LogP contribution in [0.2, 0.25) is 0 Å². The van der Waals surface area contributed by atoms with Gasteiger partial charge in [-0.1, -0.05) is 12.1 Å². The predicted molar refractivity (Wildman–Crippen MR) is 91.0 cm³/mol. The van der Waals surface area contributed by atoms with Gasteiger partial charge in [-0.05, 0) is 17.7 Å². The minimum Gasteiger partial charge on any atom is -0.378 e. The number of urea groups is 2. The van der Waals surface area contributed by atoms with E-state index in [1.54, 1.807) is 0 Å². The number of hydrogen-bond donors (Lipinski definition) is 4. The standard InChI is InChI=1S/C15H19N7O3/c1-21(2)10-5-3-9(4-6-10)7-16-20-11(23)8-22-13-12(18-15(22)25)17-14(24)19-13/h3-7,12-13H,8H2,1-2H3,(H,18,25)(H,20,23)(H2,17,19,24)/b16-7-/t12-,13-/m1/s1. The molecule has 2 saturated heterocycles. The number of amides is 5. The van der Waals surface area contributed by atoms with Crippen LogP contribution in [0.3, 0.4) is 0 Å². The molecule has 2 fully saturated rings. The van der Waals surface area contributed by atoms with Crippen LogP contribution in [0.5, 0.6) is 0 Å². The van der Waals surface area contributed by atoms with Crippen molar-refractivity contribution in [2.45, 2.75) is 12.3 Å². The molecular formula is C15H19N7O3. The highest BCUT2D eigenvalue weighted by Crippen LogP contribution is 2.13. The Balaban J connectivity index is 1.52. The fraction of sp³-hybridized carbons (Fsp3) is 0.333. The van der Waals surface area contributed by atoms with Crippen molar-refractivity contribution in [3.63, 3.8) is 0 Å². The van der Waals surface area contributed by atoms with Crippen molar-refractivity contribution in [2.24, 2.45) is 5.10 Å². The van der Waals surface area contributed by atoms with E-state index in [1.807, 2.05) is 43.3 Å². The summed E-state index contributed by atoms with van der Waals surface area (Å²) in [4.78, 5) is 38.3. The van der Waals surface area contributed by atoms with Gasteiger partial charge in [-0.3, -0.25) is 9.69 Å².